The summed E-state index contributed by atoms with van der Waals surface area (Å²) in [4.78, 5) is 11.6. The smallest absolute Gasteiger partial charge is 0.190 e. The van der Waals surface area contributed by atoms with E-state index in [1.807, 2.05) is 18.2 Å². The van der Waals surface area contributed by atoms with E-state index < -0.39 is 0 Å². The second-order valence-electron chi connectivity index (χ2n) is 2.46. The van der Waals surface area contributed by atoms with Crippen LogP contribution >= 0.6 is 27.5 Å². The molecule has 0 fully saturated rings. The Hall–Kier alpha value is -0.600. The average Bonchev–Trinajstić information content (AvgIpc) is 2.21. The average molecular weight is 260 g/mol. The van der Waals surface area contributed by atoms with Gasteiger partial charge in [-0.15, -0.1) is 0 Å². The summed E-state index contributed by atoms with van der Waals surface area (Å²) in [5.74, 6) is -0.0347. The van der Waals surface area contributed by atoms with Gasteiger partial charge in [-0.3, -0.25) is 4.79 Å². The summed E-state index contributed by atoms with van der Waals surface area (Å²) in [5.41, 5.74) is 2.53. The first-order valence-corrected chi connectivity index (χ1v) is 5.30. The monoisotopic (exact) mass is 258 g/mol. The van der Waals surface area contributed by atoms with Gasteiger partial charge in [0.1, 0.15) is 0 Å². The minimum Gasteiger partial charge on any atom is -0.289 e. The van der Waals surface area contributed by atoms with Crippen LogP contribution in [0.3, 0.4) is 0 Å². The first kappa shape index (κ1) is 10.5. The van der Waals surface area contributed by atoms with Gasteiger partial charge in [-0.2, -0.15) is 0 Å². The number of Topliss-reactive ketones (excluding diaryl/α,β-unsaturated/α-hetero) is 1. The molecule has 0 amide bonds. The van der Waals surface area contributed by atoms with Gasteiger partial charge in [0.25, 0.3) is 0 Å². The summed E-state index contributed by atoms with van der Waals surface area (Å²) in [5, 5.41) is 0.476. The zero-order valence-electron chi connectivity index (χ0n) is 6.84. The van der Waals surface area contributed by atoms with Gasteiger partial charge in [-0.25, -0.2) is 0 Å². The van der Waals surface area contributed by atoms with Crippen molar-refractivity contribution < 1.29 is 4.79 Å². The highest BCUT2D eigenvalue weighted by atomic mass is 79.9. The van der Waals surface area contributed by atoms with E-state index in [1.54, 1.807) is 12.1 Å². The van der Waals surface area contributed by atoms with Gasteiger partial charge in [-0.1, -0.05) is 57.9 Å². The van der Waals surface area contributed by atoms with Crippen LogP contribution in [0, 0.1) is 0 Å². The molecule has 0 unspecified atom stereocenters. The molecular formula is C10H8BrClO. The first-order valence-electron chi connectivity index (χ1n) is 3.74. The van der Waals surface area contributed by atoms with Crippen molar-refractivity contribution in [2.75, 3.05) is 5.33 Å². The largest absolute Gasteiger partial charge is 0.289 e. The first-order chi connectivity index (χ1) is 6.29. The van der Waals surface area contributed by atoms with Crippen LogP contribution in [0.15, 0.2) is 41.4 Å². The molecule has 68 valence electrons. The molecule has 0 aliphatic carbocycles. The lowest BCUT2D eigenvalue weighted by atomic mass is 10.1. The van der Waals surface area contributed by atoms with Gasteiger partial charge >= 0.3 is 0 Å². The molecule has 0 spiro atoms. The van der Waals surface area contributed by atoms with Crippen molar-refractivity contribution in [3.05, 3.63) is 47.0 Å². The number of carbonyl (C=O) groups excluding carboxylic acids is 1. The van der Waals surface area contributed by atoms with Crippen molar-refractivity contribution in [3.8, 4) is 0 Å². The number of benzene rings is 1. The number of allylic oxidation sites excluding steroid dienone is 1. The van der Waals surface area contributed by atoms with E-state index in [-0.39, 0.29) is 5.78 Å². The number of rotatable bonds is 3. The summed E-state index contributed by atoms with van der Waals surface area (Å²) in [6.45, 7) is 0. The standard InChI is InChI=1S/C10H8BrClO/c11-6-9(7-12)10(13)8-4-2-1-3-5-8/h1-5,7H,6H2/b9-7-. The van der Waals surface area contributed by atoms with Crippen molar-refractivity contribution in [1.82, 2.24) is 0 Å². The number of alkyl halides is 1. The molecule has 3 heteroatoms. The maximum absolute atomic E-state index is 11.6. The zero-order valence-corrected chi connectivity index (χ0v) is 9.18. The second-order valence-corrected chi connectivity index (χ2v) is 3.24. The lowest BCUT2D eigenvalue weighted by Gasteiger charge is -2.00. The zero-order chi connectivity index (χ0) is 9.68. The van der Waals surface area contributed by atoms with Crippen LogP contribution in [0.4, 0.5) is 0 Å². The highest BCUT2D eigenvalue weighted by Gasteiger charge is 2.09. The summed E-state index contributed by atoms with van der Waals surface area (Å²) in [6, 6.07) is 9.06. The summed E-state index contributed by atoms with van der Waals surface area (Å²) < 4.78 is 0. The highest BCUT2D eigenvalue weighted by Crippen LogP contribution is 2.11. The fourth-order valence-electron chi connectivity index (χ4n) is 0.914. The number of hydrogen-bond donors (Lipinski definition) is 0. The fraction of sp³-hybridized carbons (Fsp3) is 0.100. The summed E-state index contributed by atoms with van der Waals surface area (Å²) in [7, 11) is 0. The van der Waals surface area contributed by atoms with E-state index in [0.29, 0.717) is 16.5 Å². The predicted octanol–water partition coefficient (Wildman–Crippen LogP) is 3.39. The molecule has 0 N–H and O–H groups in total. The molecule has 0 heterocycles. The molecule has 0 aliphatic rings. The van der Waals surface area contributed by atoms with Crippen molar-refractivity contribution >= 4 is 33.3 Å². The van der Waals surface area contributed by atoms with Crippen LogP contribution in [0.5, 0.6) is 0 Å². The molecule has 0 aromatic heterocycles. The Kier molecular flexibility index (Phi) is 4.19. The van der Waals surface area contributed by atoms with Gasteiger partial charge in [0.2, 0.25) is 0 Å². The lowest BCUT2D eigenvalue weighted by Crippen LogP contribution is -2.03. The maximum Gasteiger partial charge on any atom is 0.190 e. The van der Waals surface area contributed by atoms with Crippen molar-refractivity contribution in [1.29, 1.82) is 0 Å². The van der Waals surface area contributed by atoms with Gasteiger partial charge < -0.3 is 0 Å². The van der Waals surface area contributed by atoms with Crippen molar-refractivity contribution in [2.24, 2.45) is 0 Å². The Bertz CT molecular complexity index is 319. The third-order valence-electron chi connectivity index (χ3n) is 1.60. The predicted molar refractivity (Wildman–Crippen MR) is 58.5 cm³/mol. The maximum atomic E-state index is 11.6. The van der Waals surface area contributed by atoms with Crippen LogP contribution in [0.1, 0.15) is 10.4 Å². The molecule has 0 bridgehead atoms. The Morgan fingerprint density at radius 3 is 2.46 bits per heavy atom. The third-order valence-corrected chi connectivity index (χ3v) is 2.47. The molecule has 0 saturated heterocycles. The number of halogens is 2. The Labute approximate surface area is 90.5 Å². The molecule has 0 radical (unpaired) electrons. The van der Waals surface area contributed by atoms with Crippen LogP contribution < -0.4 is 0 Å². The quantitative estimate of drug-likeness (QED) is 0.462. The number of ketones is 1. The van der Waals surface area contributed by atoms with E-state index in [0.717, 1.165) is 0 Å². The van der Waals surface area contributed by atoms with Gasteiger partial charge in [0, 0.05) is 22.0 Å². The Balaban J connectivity index is 2.92. The van der Waals surface area contributed by atoms with Crippen LogP contribution in [-0.2, 0) is 0 Å². The molecule has 13 heavy (non-hydrogen) atoms. The van der Waals surface area contributed by atoms with E-state index in [9.17, 15) is 4.79 Å². The minimum atomic E-state index is -0.0347. The second kappa shape index (κ2) is 5.20. The highest BCUT2D eigenvalue weighted by molar-refractivity contribution is 9.09. The summed E-state index contributed by atoms with van der Waals surface area (Å²) in [6.07, 6.45) is 0. The number of hydrogen-bond acceptors (Lipinski definition) is 1. The van der Waals surface area contributed by atoms with E-state index in [1.165, 1.54) is 5.54 Å². The Morgan fingerprint density at radius 2 is 2.00 bits per heavy atom. The van der Waals surface area contributed by atoms with Crippen molar-refractivity contribution in [3.63, 3.8) is 0 Å². The van der Waals surface area contributed by atoms with Crippen LogP contribution in [0.25, 0.3) is 0 Å². The van der Waals surface area contributed by atoms with Crippen LogP contribution in [0.2, 0.25) is 0 Å². The lowest BCUT2D eigenvalue weighted by molar-refractivity contribution is 0.103. The van der Waals surface area contributed by atoms with E-state index in [4.69, 9.17) is 11.6 Å². The molecule has 1 aromatic rings. The molecule has 0 aliphatic heterocycles. The minimum absolute atomic E-state index is 0.0347. The van der Waals surface area contributed by atoms with E-state index >= 15 is 0 Å². The normalized spacial score (nSPS) is 11.4. The van der Waals surface area contributed by atoms with Crippen LogP contribution in [-0.4, -0.2) is 11.1 Å². The van der Waals surface area contributed by atoms with E-state index in [2.05, 4.69) is 15.9 Å². The SMILES string of the molecule is O=C(/C(=C\Cl)CBr)c1ccccc1. The van der Waals surface area contributed by atoms with Gasteiger partial charge in [-0.05, 0) is 0 Å². The molecule has 0 saturated carbocycles. The molecule has 0 atom stereocenters. The topological polar surface area (TPSA) is 17.1 Å². The van der Waals surface area contributed by atoms with Crippen molar-refractivity contribution in [2.45, 2.75) is 0 Å². The number of carbonyl (C=O) groups is 1. The Morgan fingerprint density at radius 1 is 1.38 bits per heavy atom. The fourth-order valence-corrected chi connectivity index (χ4v) is 1.69. The molecular weight excluding hydrogens is 251 g/mol. The summed E-state index contributed by atoms with van der Waals surface area (Å²) >= 11 is 8.70. The third kappa shape index (κ3) is 2.68. The molecule has 1 aromatic carbocycles. The van der Waals surface area contributed by atoms with Gasteiger partial charge in [0.05, 0.1) is 0 Å². The molecule has 1 rings (SSSR count). The van der Waals surface area contributed by atoms with Gasteiger partial charge in [0.15, 0.2) is 5.78 Å². The molecule has 1 nitrogen and oxygen atoms in total.